The molecule has 1 atom stereocenters. The van der Waals surface area contributed by atoms with E-state index in [0.717, 1.165) is 5.69 Å². The third kappa shape index (κ3) is 5.20. The van der Waals surface area contributed by atoms with Crippen LogP contribution < -0.4 is 15.5 Å². The number of hydrogen-bond donors (Lipinski definition) is 2. The number of amides is 3. The Labute approximate surface area is 200 Å². The Morgan fingerprint density at radius 1 is 1.12 bits per heavy atom. The van der Waals surface area contributed by atoms with Gasteiger partial charge in [-0.25, -0.2) is 4.79 Å². The highest BCUT2D eigenvalue weighted by atomic mass is 35.5. The van der Waals surface area contributed by atoms with Gasteiger partial charge in [0.2, 0.25) is 0 Å². The molecule has 8 nitrogen and oxygen atoms in total. The van der Waals surface area contributed by atoms with E-state index in [4.69, 9.17) is 16.3 Å². The smallest absolute Gasteiger partial charge is 0.414 e. The van der Waals surface area contributed by atoms with E-state index in [1.165, 1.54) is 16.2 Å². The normalized spacial score (nSPS) is 15.6. The quantitative estimate of drug-likeness (QED) is 0.526. The van der Waals surface area contributed by atoms with Crippen LogP contribution in [0.1, 0.15) is 34.0 Å². The molecule has 1 aromatic carbocycles. The highest BCUT2D eigenvalue weighted by molar-refractivity contribution is 7.18. The molecule has 0 unspecified atom stereocenters. The van der Waals surface area contributed by atoms with E-state index in [9.17, 15) is 14.4 Å². The van der Waals surface area contributed by atoms with E-state index in [2.05, 4.69) is 10.6 Å². The van der Waals surface area contributed by atoms with Gasteiger partial charge in [-0.15, -0.1) is 11.3 Å². The van der Waals surface area contributed by atoms with Crippen LogP contribution in [0.4, 0.5) is 10.5 Å². The highest BCUT2D eigenvalue weighted by Gasteiger charge is 2.32. The number of nitrogens with one attached hydrogen (secondary N) is 2. The van der Waals surface area contributed by atoms with Crippen molar-refractivity contribution in [2.75, 3.05) is 18.0 Å². The van der Waals surface area contributed by atoms with Crippen LogP contribution >= 0.6 is 22.9 Å². The number of aromatic nitrogens is 1. The fraction of sp³-hybridized carbons (Fsp3) is 0.261. The molecule has 0 saturated carbocycles. The van der Waals surface area contributed by atoms with Gasteiger partial charge in [0, 0.05) is 23.6 Å². The summed E-state index contributed by atoms with van der Waals surface area (Å²) in [7, 11) is 0. The molecule has 2 N–H and O–H groups in total. The lowest BCUT2D eigenvalue weighted by atomic mass is 10.2. The summed E-state index contributed by atoms with van der Waals surface area (Å²) in [5, 5.41) is 5.66. The molecule has 0 aliphatic carbocycles. The van der Waals surface area contributed by atoms with Crippen LogP contribution in [0, 0.1) is 0 Å². The summed E-state index contributed by atoms with van der Waals surface area (Å²) >= 11 is 7.06. The van der Waals surface area contributed by atoms with Crippen molar-refractivity contribution in [3.8, 4) is 5.69 Å². The van der Waals surface area contributed by atoms with Gasteiger partial charge in [-0.1, -0.05) is 11.6 Å². The van der Waals surface area contributed by atoms with Crippen molar-refractivity contribution < 1.29 is 19.1 Å². The van der Waals surface area contributed by atoms with Crippen LogP contribution in [0.5, 0.6) is 0 Å². The second-order valence-electron chi connectivity index (χ2n) is 7.84. The Bertz CT molecular complexity index is 1170. The van der Waals surface area contributed by atoms with Gasteiger partial charge in [0.05, 0.1) is 22.3 Å². The number of carbonyl (C=O) groups is 3. The Morgan fingerprint density at radius 2 is 1.85 bits per heavy atom. The maximum absolute atomic E-state index is 12.4. The number of thiophene rings is 1. The summed E-state index contributed by atoms with van der Waals surface area (Å²) < 4.78 is 7.73. The van der Waals surface area contributed by atoms with Crippen molar-refractivity contribution in [3.05, 3.63) is 69.6 Å². The molecule has 4 rings (SSSR count). The van der Waals surface area contributed by atoms with E-state index >= 15 is 0 Å². The first-order valence-electron chi connectivity index (χ1n) is 10.4. The first kappa shape index (κ1) is 22.9. The SMILES string of the molecule is CC(C)NC(=O)c1cccn1-c1ccc(N2C[C@H](CNC(=O)c3ccc(Cl)s3)OC2=O)cc1. The largest absolute Gasteiger partial charge is 0.442 e. The van der Waals surface area contributed by atoms with Gasteiger partial charge >= 0.3 is 6.09 Å². The zero-order chi connectivity index (χ0) is 23.5. The molecule has 172 valence electrons. The average Bonchev–Trinajstić information content (AvgIpc) is 3.51. The molecule has 1 fully saturated rings. The maximum Gasteiger partial charge on any atom is 0.414 e. The minimum Gasteiger partial charge on any atom is -0.442 e. The molecule has 3 amide bonds. The monoisotopic (exact) mass is 486 g/mol. The van der Waals surface area contributed by atoms with E-state index in [0.29, 0.717) is 27.1 Å². The van der Waals surface area contributed by atoms with Crippen molar-refractivity contribution in [1.29, 1.82) is 0 Å². The number of benzene rings is 1. The third-order valence-corrected chi connectivity index (χ3v) is 6.23. The second-order valence-corrected chi connectivity index (χ2v) is 9.55. The highest BCUT2D eigenvalue weighted by Crippen LogP contribution is 2.24. The number of rotatable bonds is 7. The summed E-state index contributed by atoms with van der Waals surface area (Å²) in [5.41, 5.74) is 1.99. The van der Waals surface area contributed by atoms with E-state index in [-0.39, 0.29) is 24.4 Å². The summed E-state index contributed by atoms with van der Waals surface area (Å²) in [6.07, 6.45) is 0.875. The Balaban J connectivity index is 1.39. The van der Waals surface area contributed by atoms with Crippen LogP contribution in [0.2, 0.25) is 4.34 Å². The fourth-order valence-electron chi connectivity index (χ4n) is 3.49. The van der Waals surface area contributed by atoms with Crippen molar-refractivity contribution >= 4 is 46.5 Å². The minimum absolute atomic E-state index is 0.0326. The van der Waals surface area contributed by atoms with Gasteiger partial charge in [-0.3, -0.25) is 14.5 Å². The van der Waals surface area contributed by atoms with Gasteiger partial charge in [-0.05, 0) is 62.4 Å². The molecular weight excluding hydrogens is 464 g/mol. The average molecular weight is 487 g/mol. The Morgan fingerprint density at radius 3 is 2.52 bits per heavy atom. The molecule has 10 heteroatoms. The molecule has 2 aromatic heterocycles. The summed E-state index contributed by atoms with van der Waals surface area (Å²) in [4.78, 5) is 39.0. The molecule has 0 radical (unpaired) electrons. The number of halogens is 1. The summed E-state index contributed by atoms with van der Waals surface area (Å²) in [6.45, 7) is 4.33. The molecule has 3 heterocycles. The predicted octanol–water partition coefficient (Wildman–Crippen LogP) is 4.09. The number of ether oxygens (including phenoxy) is 1. The second kappa shape index (κ2) is 9.68. The van der Waals surface area contributed by atoms with Crippen molar-refractivity contribution in [2.24, 2.45) is 0 Å². The Hall–Kier alpha value is -3.30. The zero-order valence-electron chi connectivity index (χ0n) is 18.1. The summed E-state index contributed by atoms with van der Waals surface area (Å²) in [5.74, 6) is -0.410. The topological polar surface area (TPSA) is 92.7 Å². The van der Waals surface area contributed by atoms with Gasteiger partial charge in [0.25, 0.3) is 11.8 Å². The number of carbonyl (C=O) groups excluding carboxylic acids is 3. The third-order valence-electron chi connectivity index (χ3n) is 5.00. The molecule has 0 bridgehead atoms. The fourth-order valence-corrected chi connectivity index (χ4v) is 4.45. The van der Waals surface area contributed by atoms with Gasteiger partial charge in [0.15, 0.2) is 0 Å². The first-order valence-corrected chi connectivity index (χ1v) is 11.6. The van der Waals surface area contributed by atoms with E-state index < -0.39 is 12.2 Å². The molecule has 1 aliphatic rings. The molecule has 3 aromatic rings. The van der Waals surface area contributed by atoms with Crippen LogP contribution in [0.3, 0.4) is 0 Å². The van der Waals surface area contributed by atoms with E-state index in [1.807, 2.05) is 38.2 Å². The molecule has 0 spiro atoms. The number of hydrogen-bond acceptors (Lipinski definition) is 5. The maximum atomic E-state index is 12.4. The standard InChI is InChI=1S/C23H23ClN4O4S/c1-14(2)26-21(29)18-4-3-11-27(18)15-5-7-16(8-6-15)28-13-17(32-23(28)31)12-25-22(30)19-9-10-20(24)33-19/h3-11,14,17H,12-13H2,1-2H3,(H,25,30)(H,26,29)/t17-/m0/s1. The molecule has 1 aliphatic heterocycles. The van der Waals surface area contributed by atoms with Gasteiger partial charge in [-0.2, -0.15) is 0 Å². The molecule has 1 saturated heterocycles. The predicted molar refractivity (Wildman–Crippen MR) is 128 cm³/mol. The van der Waals surface area contributed by atoms with Crippen molar-refractivity contribution in [3.63, 3.8) is 0 Å². The van der Waals surface area contributed by atoms with Crippen LogP contribution in [-0.4, -0.2) is 47.7 Å². The summed E-state index contributed by atoms with van der Waals surface area (Å²) in [6, 6.07) is 14.2. The lowest BCUT2D eigenvalue weighted by molar-refractivity contribution is 0.0918. The number of anilines is 1. The molecular formula is C23H23ClN4O4S. The van der Waals surface area contributed by atoms with Crippen LogP contribution in [0.25, 0.3) is 5.69 Å². The molecule has 33 heavy (non-hydrogen) atoms. The number of nitrogens with zero attached hydrogens (tertiary/aromatic N) is 2. The van der Waals surface area contributed by atoms with Crippen LogP contribution in [0.15, 0.2) is 54.7 Å². The zero-order valence-corrected chi connectivity index (χ0v) is 19.7. The van der Waals surface area contributed by atoms with Crippen molar-refractivity contribution in [2.45, 2.75) is 26.0 Å². The lowest BCUT2D eigenvalue weighted by Crippen LogP contribution is -2.34. The van der Waals surface area contributed by atoms with E-state index in [1.54, 1.807) is 34.9 Å². The lowest BCUT2D eigenvalue weighted by Gasteiger charge is -2.15. The number of cyclic esters (lactones) is 1. The van der Waals surface area contributed by atoms with Gasteiger partial charge < -0.3 is 19.9 Å². The first-order chi connectivity index (χ1) is 15.8. The van der Waals surface area contributed by atoms with Gasteiger partial charge in [0.1, 0.15) is 11.8 Å². The van der Waals surface area contributed by atoms with Crippen LogP contribution in [-0.2, 0) is 4.74 Å². The van der Waals surface area contributed by atoms with Crippen molar-refractivity contribution in [1.82, 2.24) is 15.2 Å². The minimum atomic E-state index is -0.473. The Kier molecular flexibility index (Phi) is 6.71.